The van der Waals surface area contributed by atoms with Crippen molar-refractivity contribution in [2.24, 2.45) is 5.10 Å². The number of benzene rings is 1. The average Bonchev–Trinajstić information content (AvgIpc) is 2.47. The Morgan fingerprint density at radius 1 is 1.25 bits per heavy atom. The number of para-hydroxylation sites is 1. The lowest BCUT2D eigenvalue weighted by atomic mass is 10.3. The predicted molar refractivity (Wildman–Crippen MR) is 70.1 cm³/mol. The van der Waals surface area contributed by atoms with Gasteiger partial charge in [0.15, 0.2) is 0 Å². The van der Waals surface area contributed by atoms with Crippen LogP contribution in [0.5, 0.6) is 5.75 Å². The standard InChI is InChI=1S/C12H14N4O4/c1-18-10-8-11(19-2)14-16(13-10)15-12(17)20-9-6-4-3-5-7-9/h3-8,13H,1-2H3,(H,15,17). The number of amides is 1. The van der Waals surface area contributed by atoms with Gasteiger partial charge in [-0.25, -0.2) is 10.2 Å². The summed E-state index contributed by atoms with van der Waals surface area (Å²) in [5.74, 6) is 1.04. The van der Waals surface area contributed by atoms with E-state index >= 15 is 0 Å². The highest BCUT2D eigenvalue weighted by Gasteiger charge is 2.16. The van der Waals surface area contributed by atoms with Gasteiger partial charge in [-0.05, 0) is 12.1 Å². The normalized spacial score (nSPS) is 13.6. The van der Waals surface area contributed by atoms with E-state index in [1.54, 1.807) is 24.3 Å². The summed E-state index contributed by atoms with van der Waals surface area (Å²) in [7, 11) is 2.92. The molecule has 0 radical (unpaired) electrons. The van der Waals surface area contributed by atoms with Crippen molar-refractivity contribution in [1.82, 2.24) is 16.1 Å². The van der Waals surface area contributed by atoms with Crippen LogP contribution in [0.4, 0.5) is 4.79 Å². The number of nitrogens with zero attached hydrogens (tertiary/aromatic N) is 2. The highest BCUT2D eigenvalue weighted by Crippen LogP contribution is 2.08. The number of rotatable bonds is 3. The van der Waals surface area contributed by atoms with Gasteiger partial charge in [0.1, 0.15) is 5.75 Å². The maximum Gasteiger partial charge on any atom is 0.434 e. The molecule has 1 aliphatic heterocycles. The first kappa shape index (κ1) is 13.5. The van der Waals surface area contributed by atoms with Crippen LogP contribution in [-0.4, -0.2) is 31.4 Å². The Kier molecular flexibility index (Phi) is 4.28. The molecule has 0 bridgehead atoms. The molecule has 0 aromatic heterocycles. The van der Waals surface area contributed by atoms with E-state index in [1.165, 1.54) is 20.3 Å². The Hall–Kier alpha value is -2.90. The Morgan fingerprint density at radius 2 is 2.00 bits per heavy atom. The molecule has 106 valence electrons. The number of hydrazone groups is 1. The van der Waals surface area contributed by atoms with E-state index in [2.05, 4.69) is 16.0 Å². The molecule has 2 rings (SSSR count). The summed E-state index contributed by atoms with van der Waals surface area (Å²) in [4.78, 5) is 11.7. The number of methoxy groups -OCH3 is 2. The quantitative estimate of drug-likeness (QED) is 0.856. The van der Waals surface area contributed by atoms with Crippen LogP contribution in [0.15, 0.2) is 47.4 Å². The summed E-state index contributed by atoms with van der Waals surface area (Å²) in [5.41, 5.74) is 5.05. The van der Waals surface area contributed by atoms with Gasteiger partial charge in [0.25, 0.3) is 0 Å². The van der Waals surface area contributed by atoms with Crippen LogP contribution in [0, 0.1) is 0 Å². The number of ether oxygens (including phenoxy) is 3. The molecule has 8 heteroatoms. The van der Waals surface area contributed by atoms with Crippen LogP contribution in [0.2, 0.25) is 0 Å². The van der Waals surface area contributed by atoms with Crippen LogP contribution in [-0.2, 0) is 9.47 Å². The smallest absolute Gasteiger partial charge is 0.434 e. The maximum absolute atomic E-state index is 11.7. The molecule has 2 N–H and O–H groups in total. The molecule has 0 unspecified atom stereocenters. The Balaban J connectivity index is 1.95. The number of carbonyl (C=O) groups excluding carboxylic acids is 1. The second-order valence-electron chi connectivity index (χ2n) is 3.59. The van der Waals surface area contributed by atoms with E-state index in [-0.39, 0.29) is 5.90 Å². The summed E-state index contributed by atoms with van der Waals surface area (Å²) < 4.78 is 15.0. The van der Waals surface area contributed by atoms with E-state index in [0.717, 1.165) is 5.23 Å². The van der Waals surface area contributed by atoms with Gasteiger partial charge < -0.3 is 14.2 Å². The molecule has 0 fully saturated rings. The number of hydrazine groups is 2. The van der Waals surface area contributed by atoms with Gasteiger partial charge in [0, 0.05) is 0 Å². The topological polar surface area (TPSA) is 84.4 Å². The molecule has 0 saturated carbocycles. The fraction of sp³-hybridized carbons (Fsp3) is 0.167. The molecule has 20 heavy (non-hydrogen) atoms. The molecule has 1 aromatic rings. The van der Waals surface area contributed by atoms with Crippen molar-refractivity contribution in [3.63, 3.8) is 0 Å². The SMILES string of the molecule is COC1=CC(OC)=NN(NC(=O)Oc2ccccc2)N1. The molecule has 1 aromatic carbocycles. The first-order valence-corrected chi connectivity index (χ1v) is 5.70. The first-order chi connectivity index (χ1) is 9.71. The number of hydrogen-bond donors (Lipinski definition) is 2. The summed E-state index contributed by atoms with van der Waals surface area (Å²) in [6, 6.07) is 8.66. The monoisotopic (exact) mass is 278 g/mol. The van der Waals surface area contributed by atoms with Crippen LogP contribution in [0.1, 0.15) is 0 Å². The Labute approximate surface area is 115 Å². The number of carbonyl (C=O) groups is 1. The van der Waals surface area contributed by atoms with Crippen molar-refractivity contribution < 1.29 is 19.0 Å². The van der Waals surface area contributed by atoms with Crippen LogP contribution >= 0.6 is 0 Å². The highest BCUT2D eigenvalue weighted by molar-refractivity contribution is 5.88. The molecular formula is C12H14N4O4. The Bertz CT molecular complexity index is 530. The lowest BCUT2D eigenvalue weighted by Crippen LogP contribution is -2.50. The van der Waals surface area contributed by atoms with Crippen molar-refractivity contribution in [3.8, 4) is 5.75 Å². The molecule has 0 aliphatic carbocycles. The lowest BCUT2D eigenvalue weighted by Gasteiger charge is -2.24. The number of hydrogen-bond acceptors (Lipinski definition) is 7. The summed E-state index contributed by atoms with van der Waals surface area (Å²) in [6.07, 6.45) is 0.820. The lowest BCUT2D eigenvalue weighted by molar-refractivity contribution is 0.0801. The van der Waals surface area contributed by atoms with Crippen molar-refractivity contribution >= 4 is 12.0 Å². The minimum atomic E-state index is -0.708. The van der Waals surface area contributed by atoms with Crippen molar-refractivity contribution in [2.45, 2.75) is 0 Å². The molecule has 8 nitrogen and oxygen atoms in total. The largest absolute Gasteiger partial charge is 0.481 e. The van der Waals surface area contributed by atoms with E-state index in [9.17, 15) is 4.79 Å². The van der Waals surface area contributed by atoms with E-state index < -0.39 is 6.09 Å². The van der Waals surface area contributed by atoms with Crippen molar-refractivity contribution in [2.75, 3.05) is 14.2 Å². The van der Waals surface area contributed by atoms with E-state index in [4.69, 9.17) is 14.2 Å². The average molecular weight is 278 g/mol. The zero-order valence-electron chi connectivity index (χ0n) is 11.0. The van der Waals surface area contributed by atoms with Crippen LogP contribution in [0.3, 0.4) is 0 Å². The van der Waals surface area contributed by atoms with Gasteiger partial charge in [-0.2, -0.15) is 5.43 Å². The minimum Gasteiger partial charge on any atom is -0.481 e. The molecular weight excluding hydrogens is 264 g/mol. The summed E-state index contributed by atoms with van der Waals surface area (Å²) in [6.45, 7) is 0. The van der Waals surface area contributed by atoms with E-state index in [0.29, 0.717) is 11.6 Å². The first-order valence-electron chi connectivity index (χ1n) is 5.70. The third kappa shape index (κ3) is 3.55. The molecule has 1 heterocycles. The zero-order valence-corrected chi connectivity index (χ0v) is 11.0. The third-order valence-electron chi connectivity index (χ3n) is 2.25. The van der Waals surface area contributed by atoms with Crippen molar-refractivity contribution in [1.29, 1.82) is 0 Å². The fourth-order valence-corrected chi connectivity index (χ4v) is 1.36. The molecule has 0 saturated heterocycles. The second-order valence-corrected chi connectivity index (χ2v) is 3.59. The predicted octanol–water partition coefficient (Wildman–Crippen LogP) is 0.958. The van der Waals surface area contributed by atoms with Gasteiger partial charge in [0.2, 0.25) is 11.8 Å². The maximum atomic E-state index is 11.7. The van der Waals surface area contributed by atoms with Gasteiger partial charge in [-0.3, -0.25) is 0 Å². The van der Waals surface area contributed by atoms with E-state index in [1.807, 2.05) is 6.07 Å². The fourth-order valence-electron chi connectivity index (χ4n) is 1.36. The highest BCUT2D eigenvalue weighted by atomic mass is 16.6. The number of nitrogens with one attached hydrogen (secondary N) is 2. The van der Waals surface area contributed by atoms with Crippen LogP contribution in [0.25, 0.3) is 0 Å². The van der Waals surface area contributed by atoms with Gasteiger partial charge in [-0.15, -0.1) is 0 Å². The Morgan fingerprint density at radius 3 is 2.65 bits per heavy atom. The molecule has 0 atom stereocenters. The third-order valence-corrected chi connectivity index (χ3v) is 2.25. The minimum absolute atomic E-state index is 0.264. The van der Waals surface area contributed by atoms with Crippen LogP contribution < -0.4 is 15.6 Å². The molecule has 0 spiro atoms. The van der Waals surface area contributed by atoms with Gasteiger partial charge in [0.05, 0.1) is 20.3 Å². The molecule has 1 aliphatic rings. The zero-order chi connectivity index (χ0) is 14.4. The summed E-state index contributed by atoms with van der Waals surface area (Å²) in [5, 5.41) is 4.96. The summed E-state index contributed by atoms with van der Waals surface area (Å²) >= 11 is 0. The van der Waals surface area contributed by atoms with Gasteiger partial charge >= 0.3 is 6.09 Å². The van der Waals surface area contributed by atoms with Gasteiger partial charge in [-0.1, -0.05) is 28.5 Å². The molecule has 1 amide bonds. The van der Waals surface area contributed by atoms with Crippen molar-refractivity contribution in [3.05, 3.63) is 42.3 Å². The second kappa shape index (κ2) is 6.32.